The fraction of sp³-hybridized carbons (Fsp3) is 0.149. The number of hydrogen-bond acceptors (Lipinski definition) is 7. The molecule has 60 heavy (non-hydrogen) atoms. The lowest BCUT2D eigenvalue weighted by molar-refractivity contribution is -0.245. The smallest absolute Gasteiger partial charge is 0.257 e. The van der Waals surface area contributed by atoms with Crippen molar-refractivity contribution in [1.29, 1.82) is 0 Å². The summed E-state index contributed by atoms with van der Waals surface area (Å²) in [7, 11) is 0. The van der Waals surface area contributed by atoms with Gasteiger partial charge < -0.3 is 24.3 Å². The molecule has 8 rings (SSSR count). The number of ether oxygens (including phenoxy) is 2. The number of rotatable bonds is 12. The van der Waals surface area contributed by atoms with Crippen LogP contribution in [0, 0.1) is 29.1 Å². The van der Waals surface area contributed by atoms with E-state index in [2.05, 4.69) is 5.32 Å². The summed E-state index contributed by atoms with van der Waals surface area (Å²) in [4.78, 5) is 17.6. The number of benzene rings is 6. The average molecular weight is 835 g/mol. The van der Waals surface area contributed by atoms with E-state index in [1.54, 1.807) is 24.3 Å². The molecule has 13 heteroatoms. The van der Waals surface area contributed by atoms with Gasteiger partial charge in [-0.1, -0.05) is 145 Å². The van der Waals surface area contributed by atoms with Crippen molar-refractivity contribution in [2.24, 2.45) is 0 Å². The Hall–Kier alpha value is -6.12. The standard InChI is InChI=1S/C47H35F5N2O5S/c48-38-37(39(49)41(51)42(52)40(38)50)45(56)53-24-33-13-7-8-14-35(33)28-19-21-32(22-20-28)46-57-34(23-36(58-46)29-17-15-27(25-55)16-18-29)26-60-47-54-43(30-9-3-1-4-10-30)44(59-47)31-11-5-2-6-12-31/h1-22,34,36,46,55H,23-26H2,(H,53,56)/t34-,36+,46+/m0/s1. The molecule has 0 saturated carbocycles. The minimum absolute atomic E-state index is 0.0872. The summed E-state index contributed by atoms with van der Waals surface area (Å²) in [6.45, 7) is -0.360. The number of aliphatic hydroxyl groups is 1. The summed E-state index contributed by atoms with van der Waals surface area (Å²) in [5, 5.41) is 12.4. The van der Waals surface area contributed by atoms with E-state index < -0.39 is 46.8 Å². The number of hydrogen-bond donors (Lipinski definition) is 2. The van der Waals surface area contributed by atoms with Crippen molar-refractivity contribution in [3.63, 3.8) is 0 Å². The van der Waals surface area contributed by atoms with E-state index >= 15 is 0 Å². The van der Waals surface area contributed by atoms with Crippen molar-refractivity contribution in [2.45, 2.75) is 43.3 Å². The van der Waals surface area contributed by atoms with Crippen LogP contribution in [0.3, 0.4) is 0 Å². The molecule has 7 nitrogen and oxygen atoms in total. The Kier molecular flexibility index (Phi) is 12.2. The van der Waals surface area contributed by atoms with Gasteiger partial charge in [0.2, 0.25) is 5.82 Å². The summed E-state index contributed by atoms with van der Waals surface area (Å²) < 4.78 is 89.3. The molecule has 0 bridgehead atoms. The molecular formula is C47H35F5N2O5S. The van der Waals surface area contributed by atoms with Gasteiger partial charge in [-0.25, -0.2) is 26.9 Å². The van der Waals surface area contributed by atoms with Crippen LogP contribution in [0.5, 0.6) is 0 Å². The van der Waals surface area contributed by atoms with Crippen LogP contribution in [0.1, 0.15) is 51.4 Å². The minimum atomic E-state index is -2.34. The van der Waals surface area contributed by atoms with E-state index in [1.807, 2.05) is 109 Å². The summed E-state index contributed by atoms with van der Waals surface area (Å²) in [5.74, 6) is -11.5. The van der Waals surface area contributed by atoms with Crippen LogP contribution in [0.25, 0.3) is 33.7 Å². The first-order valence-corrected chi connectivity index (χ1v) is 19.9. The number of nitrogens with zero attached hydrogens (tertiary/aromatic N) is 1. The third kappa shape index (κ3) is 8.61. The minimum Gasteiger partial charge on any atom is -0.431 e. The Morgan fingerprint density at radius 1 is 0.683 bits per heavy atom. The van der Waals surface area contributed by atoms with Crippen molar-refractivity contribution >= 4 is 17.7 Å². The second kappa shape index (κ2) is 18.0. The Bertz CT molecular complexity index is 2530. The van der Waals surface area contributed by atoms with Crippen molar-refractivity contribution < 1.29 is 45.7 Å². The number of aromatic nitrogens is 1. The van der Waals surface area contributed by atoms with Crippen LogP contribution in [0.2, 0.25) is 0 Å². The quantitative estimate of drug-likeness (QED) is 0.0548. The number of oxazole rings is 1. The topological polar surface area (TPSA) is 93.8 Å². The molecule has 6 aromatic carbocycles. The first-order valence-electron chi connectivity index (χ1n) is 18.9. The largest absolute Gasteiger partial charge is 0.431 e. The maximum absolute atomic E-state index is 14.3. The van der Waals surface area contributed by atoms with Crippen LogP contribution in [-0.4, -0.2) is 27.9 Å². The molecule has 0 unspecified atom stereocenters. The normalized spacial score (nSPS) is 16.5. The van der Waals surface area contributed by atoms with Crippen LogP contribution in [0.15, 0.2) is 143 Å². The van der Waals surface area contributed by atoms with Gasteiger partial charge in [-0.15, -0.1) is 0 Å². The Morgan fingerprint density at radius 3 is 1.95 bits per heavy atom. The SMILES string of the molecule is O=C(NCc1ccccc1-c1ccc([C@@H]2O[C@H](CSc3nc(-c4ccccc4)c(-c4ccccc4)o3)C[C@H](c3ccc(CO)cc3)O2)cc1)c1c(F)c(F)c(F)c(F)c1F. The lowest BCUT2D eigenvalue weighted by atomic mass is 9.97. The van der Waals surface area contributed by atoms with Gasteiger partial charge in [0.15, 0.2) is 35.3 Å². The highest BCUT2D eigenvalue weighted by atomic mass is 32.2. The predicted molar refractivity (Wildman–Crippen MR) is 216 cm³/mol. The van der Waals surface area contributed by atoms with E-state index in [9.17, 15) is 31.9 Å². The van der Waals surface area contributed by atoms with Crippen LogP contribution in [0.4, 0.5) is 22.0 Å². The third-order valence-corrected chi connectivity index (χ3v) is 11.0. The highest BCUT2D eigenvalue weighted by Crippen LogP contribution is 2.41. The predicted octanol–water partition coefficient (Wildman–Crippen LogP) is 11.1. The van der Waals surface area contributed by atoms with E-state index in [0.717, 1.165) is 33.5 Å². The Labute approximate surface area is 345 Å². The van der Waals surface area contributed by atoms with Crippen molar-refractivity contribution in [3.05, 3.63) is 190 Å². The monoisotopic (exact) mass is 834 g/mol. The van der Waals surface area contributed by atoms with E-state index in [0.29, 0.717) is 39.8 Å². The molecule has 2 N–H and O–H groups in total. The highest BCUT2D eigenvalue weighted by Gasteiger charge is 2.33. The molecule has 3 atom stereocenters. The molecule has 0 spiro atoms. The third-order valence-electron chi connectivity index (χ3n) is 10.1. The molecule has 1 fully saturated rings. The van der Waals surface area contributed by atoms with Crippen molar-refractivity contribution in [3.8, 4) is 33.7 Å². The first kappa shape index (κ1) is 40.7. The molecule has 1 aliphatic rings. The molecule has 2 heterocycles. The molecule has 1 aromatic heterocycles. The van der Waals surface area contributed by atoms with Gasteiger partial charge in [0.05, 0.1) is 18.8 Å². The maximum Gasteiger partial charge on any atom is 0.257 e. The molecule has 1 amide bonds. The van der Waals surface area contributed by atoms with Gasteiger partial charge in [-0.3, -0.25) is 4.79 Å². The van der Waals surface area contributed by atoms with Gasteiger partial charge in [-0.2, -0.15) is 0 Å². The zero-order valence-electron chi connectivity index (χ0n) is 31.6. The molecule has 1 aliphatic heterocycles. The maximum atomic E-state index is 14.3. The van der Waals surface area contributed by atoms with E-state index in [-0.39, 0.29) is 25.4 Å². The summed E-state index contributed by atoms with van der Waals surface area (Å²) in [5.41, 5.74) is 5.31. The first-order chi connectivity index (χ1) is 29.2. The van der Waals surface area contributed by atoms with E-state index in [4.69, 9.17) is 18.9 Å². The van der Waals surface area contributed by atoms with Crippen molar-refractivity contribution in [2.75, 3.05) is 5.75 Å². The zero-order chi connectivity index (χ0) is 41.8. The lowest BCUT2D eigenvalue weighted by Gasteiger charge is -2.36. The van der Waals surface area contributed by atoms with Crippen LogP contribution < -0.4 is 5.32 Å². The Balaban J connectivity index is 1.02. The van der Waals surface area contributed by atoms with Crippen LogP contribution in [-0.2, 0) is 22.6 Å². The Morgan fingerprint density at radius 2 is 1.28 bits per heavy atom. The summed E-state index contributed by atoms with van der Waals surface area (Å²) >= 11 is 1.45. The second-order valence-electron chi connectivity index (χ2n) is 14.0. The molecule has 1 saturated heterocycles. The lowest BCUT2D eigenvalue weighted by Crippen LogP contribution is -2.31. The fourth-order valence-electron chi connectivity index (χ4n) is 6.97. The van der Waals surface area contributed by atoms with Crippen LogP contribution >= 0.6 is 11.8 Å². The van der Waals surface area contributed by atoms with Gasteiger partial charge in [0, 0.05) is 35.4 Å². The number of carbonyl (C=O) groups is 1. The number of nitrogens with one attached hydrogen (secondary N) is 1. The number of halogens is 5. The molecule has 7 aromatic rings. The highest BCUT2D eigenvalue weighted by molar-refractivity contribution is 7.99. The van der Waals surface area contributed by atoms with Gasteiger partial charge in [0.25, 0.3) is 11.1 Å². The molecule has 0 radical (unpaired) electrons. The summed E-state index contributed by atoms with van der Waals surface area (Å²) in [6, 6.07) is 41.5. The number of aliphatic hydroxyl groups excluding tert-OH is 1. The number of amides is 1. The number of thioether (sulfide) groups is 1. The molecule has 304 valence electrons. The average Bonchev–Trinajstić information content (AvgIpc) is 3.74. The fourth-order valence-corrected chi connectivity index (χ4v) is 7.81. The van der Waals surface area contributed by atoms with Gasteiger partial charge in [-0.05, 0) is 27.8 Å². The van der Waals surface area contributed by atoms with Crippen molar-refractivity contribution in [1.82, 2.24) is 10.3 Å². The van der Waals surface area contributed by atoms with E-state index in [1.165, 1.54) is 11.8 Å². The number of carbonyl (C=O) groups excluding carboxylic acids is 1. The van der Waals surface area contributed by atoms with Gasteiger partial charge >= 0.3 is 0 Å². The second-order valence-corrected chi connectivity index (χ2v) is 14.9. The molecule has 0 aliphatic carbocycles. The van der Waals surface area contributed by atoms with Gasteiger partial charge in [0.1, 0.15) is 11.3 Å². The molecular weight excluding hydrogens is 800 g/mol. The summed E-state index contributed by atoms with van der Waals surface area (Å²) in [6.07, 6.45) is -0.901. The zero-order valence-corrected chi connectivity index (χ0v) is 32.4.